The SMILES string of the molecule is CC1(C)[C@@H]2CC[C@@]1(C)[C@](O[Si](C)(C)C)(C(=O)C[C@@H](CCOCc1ccccc1)NC(=O)OCc1ccccc1)C2. The van der Waals surface area contributed by atoms with E-state index in [2.05, 4.69) is 45.7 Å². The first-order valence-electron chi connectivity index (χ1n) is 14.7. The van der Waals surface area contributed by atoms with Crippen molar-refractivity contribution in [2.24, 2.45) is 16.7 Å². The molecule has 0 spiro atoms. The number of nitrogens with one attached hydrogen (secondary N) is 1. The molecule has 40 heavy (non-hydrogen) atoms. The minimum atomic E-state index is -2.06. The maximum absolute atomic E-state index is 14.4. The van der Waals surface area contributed by atoms with Crippen LogP contribution in [-0.2, 0) is 31.9 Å². The van der Waals surface area contributed by atoms with Crippen molar-refractivity contribution in [2.45, 2.75) is 97.4 Å². The average molecular weight is 566 g/mol. The minimum absolute atomic E-state index is 0.0125. The first kappa shape index (κ1) is 30.5. The summed E-state index contributed by atoms with van der Waals surface area (Å²) in [5.74, 6) is 0.554. The molecule has 2 aliphatic rings. The lowest BCUT2D eigenvalue weighted by Gasteiger charge is -2.50. The highest BCUT2D eigenvalue weighted by atomic mass is 28.4. The molecule has 1 N–H and O–H groups in total. The zero-order chi connectivity index (χ0) is 29.0. The van der Waals surface area contributed by atoms with Crippen LogP contribution in [0.2, 0.25) is 19.6 Å². The van der Waals surface area contributed by atoms with E-state index in [4.69, 9.17) is 13.9 Å². The number of rotatable bonds is 13. The molecule has 0 saturated heterocycles. The Bertz CT molecular complexity index is 1150. The number of ketones is 1. The molecule has 1 amide bonds. The molecule has 0 heterocycles. The second-order valence-electron chi connectivity index (χ2n) is 13.4. The fraction of sp³-hybridized carbons (Fsp3) is 0.576. The molecule has 6 nitrogen and oxygen atoms in total. The maximum atomic E-state index is 14.4. The van der Waals surface area contributed by atoms with E-state index >= 15 is 0 Å². The summed E-state index contributed by atoms with van der Waals surface area (Å²) in [6, 6.07) is 19.2. The van der Waals surface area contributed by atoms with Crippen LogP contribution in [0.4, 0.5) is 4.79 Å². The van der Waals surface area contributed by atoms with Crippen molar-refractivity contribution >= 4 is 20.2 Å². The van der Waals surface area contributed by atoms with E-state index in [-0.39, 0.29) is 29.6 Å². The van der Waals surface area contributed by atoms with Crippen LogP contribution >= 0.6 is 0 Å². The molecule has 0 aromatic heterocycles. The van der Waals surface area contributed by atoms with Gasteiger partial charge in [-0.1, -0.05) is 81.4 Å². The number of hydrogen-bond donors (Lipinski definition) is 1. The summed E-state index contributed by atoms with van der Waals surface area (Å²) in [5, 5.41) is 2.99. The maximum Gasteiger partial charge on any atom is 0.407 e. The molecule has 0 aliphatic heterocycles. The Hall–Kier alpha value is -2.48. The summed E-state index contributed by atoms with van der Waals surface area (Å²) in [4.78, 5) is 27.3. The summed E-state index contributed by atoms with van der Waals surface area (Å²) in [7, 11) is -2.06. The molecule has 0 unspecified atom stereocenters. The quantitative estimate of drug-likeness (QED) is 0.204. The minimum Gasteiger partial charge on any atom is -0.445 e. The summed E-state index contributed by atoms with van der Waals surface area (Å²) in [6.07, 6.45) is 3.05. The Balaban J connectivity index is 1.48. The predicted molar refractivity (Wildman–Crippen MR) is 160 cm³/mol. The summed E-state index contributed by atoms with van der Waals surface area (Å²) >= 11 is 0. The number of carbonyl (C=O) groups is 2. The number of carbonyl (C=O) groups excluding carboxylic acids is 2. The monoisotopic (exact) mass is 565 g/mol. The molecule has 2 aliphatic carbocycles. The molecule has 2 bridgehead atoms. The summed E-state index contributed by atoms with van der Waals surface area (Å²) in [6.45, 7) is 14.4. The molecule has 4 rings (SSSR count). The van der Waals surface area contributed by atoms with Gasteiger partial charge in [0, 0.05) is 24.5 Å². The van der Waals surface area contributed by atoms with Crippen molar-refractivity contribution in [3.05, 3.63) is 71.8 Å². The third kappa shape index (κ3) is 6.53. The molecule has 2 saturated carbocycles. The number of hydrogen-bond acceptors (Lipinski definition) is 5. The highest BCUT2D eigenvalue weighted by Crippen LogP contribution is 2.71. The van der Waals surface area contributed by atoms with E-state index < -0.39 is 26.1 Å². The lowest BCUT2D eigenvalue weighted by Crippen LogP contribution is -2.59. The van der Waals surface area contributed by atoms with E-state index in [1.807, 2.05) is 60.7 Å². The fourth-order valence-corrected chi connectivity index (χ4v) is 8.41. The van der Waals surface area contributed by atoms with E-state index in [1.165, 1.54) is 0 Å². The third-order valence-electron chi connectivity index (χ3n) is 9.48. The molecule has 4 atom stereocenters. The van der Waals surface area contributed by atoms with Gasteiger partial charge < -0.3 is 19.2 Å². The summed E-state index contributed by atoms with van der Waals surface area (Å²) in [5.41, 5.74) is 0.937. The van der Waals surface area contributed by atoms with Gasteiger partial charge in [-0.15, -0.1) is 0 Å². The van der Waals surface area contributed by atoms with Crippen molar-refractivity contribution in [3.63, 3.8) is 0 Å². The normalized spacial score (nSPS) is 25.9. The molecule has 7 heteroatoms. The summed E-state index contributed by atoms with van der Waals surface area (Å²) < 4.78 is 18.4. The Morgan fingerprint density at radius 2 is 1.55 bits per heavy atom. The van der Waals surface area contributed by atoms with Crippen molar-refractivity contribution in [3.8, 4) is 0 Å². The van der Waals surface area contributed by atoms with Crippen LogP contribution in [-0.4, -0.2) is 38.4 Å². The van der Waals surface area contributed by atoms with Gasteiger partial charge in [0.2, 0.25) is 0 Å². The van der Waals surface area contributed by atoms with Crippen LogP contribution < -0.4 is 5.32 Å². The fourth-order valence-electron chi connectivity index (χ4n) is 6.94. The van der Waals surface area contributed by atoms with Gasteiger partial charge in [0.15, 0.2) is 14.1 Å². The Kier molecular flexibility index (Phi) is 9.27. The van der Waals surface area contributed by atoms with Gasteiger partial charge in [-0.05, 0) is 67.8 Å². The first-order chi connectivity index (χ1) is 18.9. The Morgan fingerprint density at radius 3 is 2.08 bits per heavy atom. The van der Waals surface area contributed by atoms with Crippen molar-refractivity contribution in [1.82, 2.24) is 5.32 Å². The Labute approximate surface area is 241 Å². The molecule has 0 radical (unpaired) electrons. The van der Waals surface area contributed by atoms with Crippen LogP contribution in [0.1, 0.15) is 64.0 Å². The van der Waals surface area contributed by atoms with Gasteiger partial charge in [0.25, 0.3) is 0 Å². The van der Waals surface area contributed by atoms with Crippen molar-refractivity contribution in [1.29, 1.82) is 0 Å². The second kappa shape index (κ2) is 12.2. The highest BCUT2D eigenvalue weighted by molar-refractivity contribution is 6.70. The number of ether oxygens (including phenoxy) is 2. The van der Waals surface area contributed by atoms with Crippen LogP contribution in [0.5, 0.6) is 0 Å². The van der Waals surface area contributed by atoms with Crippen LogP contribution in [0.3, 0.4) is 0 Å². The zero-order valence-electron chi connectivity index (χ0n) is 25.1. The van der Waals surface area contributed by atoms with Crippen molar-refractivity contribution in [2.75, 3.05) is 6.61 Å². The molecule has 2 aromatic rings. The largest absolute Gasteiger partial charge is 0.445 e. The number of fused-ring (bicyclic) bond motifs is 2. The smallest absolute Gasteiger partial charge is 0.407 e. The topological polar surface area (TPSA) is 73.9 Å². The average Bonchev–Trinajstić information content (AvgIpc) is 3.22. The number of alkyl carbamates (subject to hydrolysis) is 1. The number of Topliss-reactive ketones (excluding diaryl/α,β-unsaturated/α-hetero) is 1. The molecule has 2 fully saturated rings. The third-order valence-corrected chi connectivity index (χ3v) is 10.4. The van der Waals surface area contributed by atoms with Gasteiger partial charge >= 0.3 is 6.09 Å². The predicted octanol–water partition coefficient (Wildman–Crippen LogP) is 7.28. The Morgan fingerprint density at radius 1 is 0.950 bits per heavy atom. The van der Waals surface area contributed by atoms with Gasteiger partial charge in [-0.3, -0.25) is 4.79 Å². The van der Waals surface area contributed by atoms with Gasteiger partial charge in [-0.2, -0.15) is 0 Å². The van der Waals surface area contributed by atoms with E-state index in [0.717, 1.165) is 30.4 Å². The van der Waals surface area contributed by atoms with Crippen molar-refractivity contribution < 1.29 is 23.5 Å². The standard InChI is InChI=1S/C33H47NO5Si/c1-31(2)27-17-19-32(31,3)33(22-27,39-40(4,5)6)29(35)21-28(18-20-37-23-25-13-9-7-10-14-25)34-30(36)38-24-26-15-11-8-12-16-26/h7-16,27-28H,17-24H2,1-6H3,(H,34,36)/t27-,28-,32-,33-/m1/s1. The van der Waals surface area contributed by atoms with Gasteiger partial charge in [-0.25, -0.2) is 4.79 Å². The molecular weight excluding hydrogens is 518 g/mol. The molecule has 2 aromatic carbocycles. The number of benzene rings is 2. The number of amides is 1. The van der Waals surface area contributed by atoms with Crippen LogP contribution in [0.25, 0.3) is 0 Å². The molecule has 218 valence electrons. The first-order valence-corrected chi connectivity index (χ1v) is 18.1. The zero-order valence-corrected chi connectivity index (χ0v) is 26.1. The van der Waals surface area contributed by atoms with Gasteiger partial charge in [0.1, 0.15) is 12.2 Å². The van der Waals surface area contributed by atoms with Crippen LogP contribution in [0, 0.1) is 16.7 Å². The lowest BCUT2D eigenvalue weighted by atomic mass is 9.62. The van der Waals surface area contributed by atoms with E-state index in [0.29, 0.717) is 25.6 Å². The lowest BCUT2D eigenvalue weighted by molar-refractivity contribution is -0.152. The van der Waals surface area contributed by atoms with Gasteiger partial charge in [0.05, 0.1) is 6.61 Å². The van der Waals surface area contributed by atoms with Crippen LogP contribution in [0.15, 0.2) is 60.7 Å². The molecular formula is C33H47NO5Si. The second-order valence-corrected chi connectivity index (χ2v) is 17.8. The van der Waals surface area contributed by atoms with E-state index in [1.54, 1.807) is 0 Å². The van der Waals surface area contributed by atoms with E-state index in [9.17, 15) is 9.59 Å². The highest BCUT2D eigenvalue weighted by Gasteiger charge is 2.72.